The predicted molar refractivity (Wildman–Crippen MR) is 145 cm³/mol. The van der Waals surface area contributed by atoms with Crippen LogP contribution in [0.15, 0.2) is 77.9 Å². The van der Waals surface area contributed by atoms with Gasteiger partial charge in [0, 0.05) is 12.1 Å². The molecule has 3 aromatic carbocycles. The Morgan fingerprint density at radius 3 is 2.44 bits per heavy atom. The number of carbonyl (C=O) groups is 2. The second-order valence-corrected chi connectivity index (χ2v) is 9.85. The van der Waals surface area contributed by atoms with E-state index < -0.39 is 27.4 Å². The number of para-hydroxylation sites is 2. The number of amides is 2. The maximum absolute atomic E-state index is 12.3. The number of hydrogen-bond donors (Lipinski definition) is 2. The van der Waals surface area contributed by atoms with Crippen molar-refractivity contribution in [2.45, 2.75) is 0 Å². The van der Waals surface area contributed by atoms with Gasteiger partial charge in [-0.2, -0.15) is 5.10 Å². The van der Waals surface area contributed by atoms with Crippen molar-refractivity contribution >= 4 is 45.1 Å². The van der Waals surface area contributed by atoms with E-state index in [4.69, 9.17) is 9.47 Å². The monoisotopic (exact) mass is 555 g/mol. The fraction of sp³-hybridized carbons (Fsp3) is 0.160. The third-order valence-electron chi connectivity index (χ3n) is 5.05. The van der Waals surface area contributed by atoms with Crippen LogP contribution < -0.4 is 24.5 Å². The van der Waals surface area contributed by atoms with Crippen LogP contribution in [0.3, 0.4) is 0 Å². The smallest absolute Gasteiger partial charge is 0.271 e. The Balaban J connectivity index is 1.53. The lowest BCUT2D eigenvalue weighted by Crippen LogP contribution is -2.39. The van der Waals surface area contributed by atoms with E-state index in [1.165, 1.54) is 31.5 Å². The van der Waals surface area contributed by atoms with Gasteiger partial charge in [0.15, 0.2) is 6.61 Å². The highest BCUT2D eigenvalue weighted by Crippen LogP contribution is 2.24. The van der Waals surface area contributed by atoms with E-state index in [0.29, 0.717) is 22.7 Å². The number of anilines is 2. The van der Waals surface area contributed by atoms with Crippen LogP contribution in [0, 0.1) is 10.1 Å². The Kier molecular flexibility index (Phi) is 9.53. The summed E-state index contributed by atoms with van der Waals surface area (Å²) in [5, 5.41) is 17.5. The molecule has 39 heavy (non-hydrogen) atoms. The summed E-state index contributed by atoms with van der Waals surface area (Å²) >= 11 is 0. The molecule has 13 nitrogen and oxygen atoms in total. The molecule has 0 saturated heterocycles. The van der Waals surface area contributed by atoms with Crippen LogP contribution in [0.2, 0.25) is 0 Å². The molecule has 14 heteroatoms. The summed E-state index contributed by atoms with van der Waals surface area (Å²) < 4.78 is 35.8. The fourth-order valence-electron chi connectivity index (χ4n) is 3.24. The van der Waals surface area contributed by atoms with E-state index >= 15 is 0 Å². The number of rotatable bonds is 12. The molecule has 3 aromatic rings. The number of ether oxygens (including phenoxy) is 2. The Bertz CT molecular complexity index is 1480. The number of benzene rings is 3. The number of nitrogens with zero attached hydrogens (tertiary/aromatic N) is 3. The molecule has 2 N–H and O–H groups in total. The molecule has 0 unspecified atom stereocenters. The van der Waals surface area contributed by atoms with Crippen LogP contribution in [0.25, 0.3) is 0 Å². The normalized spacial score (nSPS) is 11.0. The van der Waals surface area contributed by atoms with Gasteiger partial charge in [0.2, 0.25) is 10.0 Å². The van der Waals surface area contributed by atoms with Crippen molar-refractivity contribution in [1.82, 2.24) is 5.43 Å². The lowest BCUT2D eigenvalue weighted by Gasteiger charge is -2.21. The molecule has 2 amide bonds. The van der Waals surface area contributed by atoms with Crippen molar-refractivity contribution in [3.8, 4) is 11.5 Å². The zero-order valence-corrected chi connectivity index (χ0v) is 21.8. The number of hydrazone groups is 1. The van der Waals surface area contributed by atoms with Gasteiger partial charge in [-0.25, -0.2) is 13.8 Å². The van der Waals surface area contributed by atoms with Gasteiger partial charge in [0.05, 0.1) is 35.9 Å². The molecule has 0 aromatic heterocycles. The minimum atomic E-state index is -3.92. The first-order chi connectivity index (χ1) is 18.6. The van der Waals surface area contributed by atoms with Crippen LogP contribution in [0.1, 0.15) is 5.56 Å². The highest BCUT2D eigenvalue weighted by molar-refractivity contribution is 7.92. The molecule has 0 aliphatic heterocycles. The molecule has 204 valence electrons. The number of methoxy groups -OCH3 is 1. The third-order valence-corrected chi connectivity index (χ3v) is 6.19. The van der Waals surface area contributed by atoms with Gasteiger partial charge in [-0.1, -0.05) is 18.2 Å². The highest BCUT2D eigenvalue weighted by atomic mass is 32.2. The third kappa shape index (κ3) is 8.53. The van der Waals surface area contributed by atoms with Crippen molar-refractivity contribution in [2.24, 2.45) is 5.10 Å². The first kappa shape index (κ1) is 28.6. The second-order valence-electron chi connectivity index (χ2n) is 7.95. The Morgan fingerprint density at radius 2 is 1.77 bits per heavy atom. The average Bonchev–Trinajstić information content (AvgIpc) is 2.91. The van der Waals surface area contributed by atoms with Crippen molar-refractivity contribution in [3.05, 3.63) is 88.5 Å². The van der Waals surface area contributed by atoms with Gasteiger partial charge in [-0.3, -0.25) is 24.0 Å². The number of nitro groups is 1. The van der Waals surface area contributed by atoms with Crippen molar-refractivity contribution < 1.29 is 32.4 Å². The fourth-order valence-corrected chi connectivity index (χ4v) is 4.09. The molecule has 0 atom stereocenters. The van der Waals surface area contributed by atoms with Gasteiger partial charge >= 0.3 is 0 Å². The van der Waals surface area contributed by atoms with Crippen LogP contribution in [0.4, 0.5) is 17.1 Å². The van der Waals surface area contributed by atoms with E-state index in [1.807, 2.05) is 0 Å². The van der Waals surface area contributed by atoms with Gasteiger partial charge in [0.25, 0.3) is 17.5 Å². The zero-order valence-electron chi connectivity index (χ0n) is 20.9. The first-order valence-corrected chi connectivity index (χ1v) is 13.1. The molecule has 0 fully saturated rings. The van der Waals surface area contributed by atoms with Crippen molar-refractivity contribution in [3.63, 3.8) is 0 Å². The maximum atomic E-state index is 12.3. The van der Waals surface area contributed by atoms with E-state index in [-0.39, 0.29) is 23.9 Å². The molecule has 0 spiro atoms. The van der Waals surface area contributed by atoms with Gasteiger partial charge in [-0.15, -0.1) is 0 Å². The van der Waals surface area contributed by atoms with Crippen LogP contribution in [0.5, 0.6) is 11.5 Å². The zero-order chi connectivity index (χ0) is 28.4. The number of nitro benzene ring substituents is 1. The van der Waals surface area contributed by atoms with Gasteiger partial charge in [0.1, 0.15) is 18.0 Å². The van der Waals surface area contributed by atoms with E-state index in [0.717, 1.165) is 16.6 Å². The minimum absolute atomic E-state index is 0.0296. The number of sulfonamides is 1. The molecular weight excluding hydrogens is 530 g/mol. The highest BCUT2D eigenvalue weighted by Gasteiger charge is 2.22. The standard InChI is InChI=1S/C25H25N5O8S/c1-37-23-9-4-3-8-22(23)27-25(32)17-38-21-12-10-18(11-13-21)15-26-28-24(31)16-29(39(2,35)36)19-6-5-7-20(14-19)30(33)34/h3-15H,16-17H2,1-2H3,(H,27,32)(H,28,31)/b26-15-. The van der Waals surface area contributed by atoms with Crippen LogP contribution in [-0.2, 0) is 19.6 Å². The largest absolute Gasteiger partial charge is 0.495 e. The van der Waals surface area contributed by atoms with Crippen LogP contribution >= 0.6 is 0 Å². The average molecular weight is 556 g/mol. The summed E-state index contributed by atoms with van der Waals surface area (Å²) in [5.41, 5.74) is 2.98. The van der Waals surface area contributed by atoms with Crippen LogP contribution in [-0.4, -0.2) is 57.9 Å². The Hall–Kier alpha value is -4.98. The lowest BCUT2D eigenvalue weighted by molar-refractivity contribution is -0.384. The number of non-ortho nitro benzene ring substituents is 1. The van der Waals surface area contributed by atoms with Crippen molar-refractivity contribution in [2.75, 3.05) is 36.1 Å². The molecule has 0 heterocycles. The second kappa shape index (κ2) is 13.0. The summed E-state index contributed by atoms with van der Waals surface area (Å²) in [5.74, 6) is -0.188. The summed E-state index contributed by atoms with van der Waals surface area (Å²) in [4.78, 5) is 34.8. The number of nitrogens with one attached hydrogen (secondary N) is 2. The topological polar surface area (TPSA) is 170 Å². The van der Waals surface area contributed by atoms with Gasteiger partial charge in [-0.05, 0) is 48.0 Å². The molecule has 0 aliphatic carbocycles. The number of hydrogen-bond acceptors (Lipinski definition) is 9. The SMILES string of the molecule is COc1ccccc1NC(=O)COc1ccc(/C=N\NC(=O)CN(c2cccc([N+](=O)[O-])c2)S(C)(=O)=O)cc1. The molecule has 0 saturated carbocycles. The predicted octanol–water partition coefficient (Wildman–Crippen LogP) is 2.54. The Labute approximate surface area is 224 Å². The number of carbonyl (C=O) groups excluding carboxylic acids is 2. The maximum Gasteiger partial charge on any atom is 0.271 e. The molecule has 3 rings (SSSR count). The summed E-state index contributed by atoms with van der Waals surface area (Å²) in [7, 11) is -2.42. The first-order valence-electron chi connectivity index (χ1n) is 11.3. The quantitative estimate of drug-likeness (QED) is 0.195. The van der Waals surface area contributed by atoms with E-state index in [1.54, 1.807) is 48.5 Å². The molecule has 0 radical (unpaired) electrons. The van der Waals surface area contributed by atoms with Gasteiger partial charge < -0.3 is 14.8 Å². The minimum Gasteiger partial charge on any atom is -0.495 e. The summed E-state index contributed by atoms with van der Waals surface area (Å²) in [6.07, 6.45) is 2.21. The summed E-state index contributed by atoms with van der Waals surface area (Å²) in [6.45, 7) is -0.871. The molecule has 0 aliphatic rings. The molecular formula is C25H25N5O8S. The Morgan fingerprint density at radius 1 is 1.05 bits per heavy atom. The lowest BCUT2D eigenvalue weighted by atomic mass is 10.2. The summed E-state index contributed by atoms with van der Waals surface area (Å²) in [6, 6.07) is 18.4. The van der Waals surface area contributed by atoms with Crippen molar-refractivity contribution in [1.29, 1.82) is 0 Å². The molecule has 0 bridgehead atoms. The van der Waals surface area contributed by atoms with E-state index in [9.17, 15) is 28.1 Å². The van der Waals surface area contributed by atoms with E-state index in [2.05, 4.69) is 15.8 Å².